The zero-order valence-corrected chi connectivity index (χ0v) is 10.1. The Balaban J connectivity index is 1.72. The molecule has 0 radical (unpaired) electrons. The quantitative estimate of drug-likeness (QED) is 0.762. The van der Waals surface area contributed by atoms with Crippen molar-refractivity contribution in [3.05, 3.63) is 10.8 Å². The van der Waals surface area contributed by atoms with Crippen LogP contribution in [0.4, 0.5) is 0 Å². The lowest BCUT2D eigenvalue weighted by Crippen LogP contribution is -2.04. The number of hydrogen-bond donors (Lipinski definition) is 0. The molecule has 3 rings (SSSR count). The van der Waals surface area contributed by atoms with Gasteiger partial charge in [-0.3, -0.25) is 0 Å². The normalized spacial score (nSPS) is 31.8. The van der Waals surface area contributed by atoms with Crippen LogP contribution in [0, 0.1) is 5.92 Å². The van der Waals surface area contributed by atoms with Gasteiger partial charge in [-0.25, -0.2) is 4.98 Å². The molecule has 0 spiro atoms. The van der Waals surface area contributed by atoms with Gasteiger partial charge in [0.1, 0.15) is 10.8 Å². The van der Waals surface area contributed by atoms with Crippen molar-refractivity contribution in [3.63, 3.8) is 0 Å². The average Bonchev–Trinajstić information content (AvgIpc) is 2.83. The largest absolute Gasteiger partial charge is 0.224 e. The fourth-order valence-electron chi connectivity index (χ4n) is 2.60. The first-order chi connectivity index (χ1) is 7.34. The van der Waals surface area contributed by atoms with Crippen molar-refractivity contribution < 1.29 is 0 Å². The molecule has 1 aromatic rings. The second-order valence-corrected chi connectivity index (χ2v) is 5.93. The van der Waals surface area contributed by atoms with Gasteiger partial charge in [-0.2, -0.15) is 4.37 Å². The SMILES string of the molecule is C[C@@H]1C[C@H]1c1nsc(C2CCCCC2)n1. The fraction of sp³-hybridized carbons (Fsp3) is 0.833. The lowest BCUT2D eigenvalue weighted by atomic mass is 9.90. The number of aromatic nitrogens is 2. The maximum atomic E-state index is 4.75. The first kappa shape index (κ1) is 9.76. The minimum Gasteiger partial charge on any atom is -0.224 e. The Morgan fingerprint density at radius 3 is 2.60 bits per heavy atom. The Morgan fingerprint density at radius 1 is 1.20 bits per heavy atom. The molecule has 0 amide bonds. The highest BCUT2D eigenvalue weighted by Gasteiger charge is 2.37. The molecule has 82 valence electrons. The molecule has 0 N–H and O–H groups in total. The fourth-order valence-corrected chi connectivity index (χ4v) is 3.48. The third-order valence-electron chi connectivity index (χ3n) is 3.85. The second kappa shape index (κ2) is 3.85. The minimum atomic E-state index is 0.693. The van der Waals surface area contributed by atoms with Gasteiger partial charge in [0.25, 0.3) is 0 Å². The summed E-state index contributed by atoms with van der Waals surface area (Å²) in [5, 5.41) is 1.32. The summed E-state index contributed by atoms with van der Waals surface area (Å²) >= 11 is 1.67. The molecule has 0 aromatic carbocycles. The van der Waals surface area contributed by atoms with Crippen molar-refractivity contribution in [2.75, 3.05) is 0 Å². The molecule has 0 bridgehead atoms. The first-order valence-electron chi connectivity index (χ1n) is 6.18. The van der Waals surface area contributed by atoms with Crippen LogP contribution in [0.25, 0.3) is 0 Å². The van der Waals surface area contributed by atoms with Gasteiger partial charge in [-0.15, -0.1) is 0 Å². The summed E-state index contributed by atoms with van der Waals surface area (Å²) in [6, 6.07) is 0. The highest BCUT2D eigenvalue weighted by Crippen LogP contribution is 2.46. The molecule has 0 aliphatic heterocycles. The van der Waals surface area contributed by atoms with E-state index in [1.54, 1.807) is 11.5 Å². The highest BCUT2D eigenvalue weighted by atomic mass is 32.1. The molecule has 2 saturated carbocycles. The smallest absolute Gasteiger partial charge is 0.145 e. The molecule has 15 heavy (non-hydrogen) atoms. The van der Waals surface area contributed by atoms with E-state index in [-0.39, 0.29) is 0 Å². The molecule has 2 atom stereocenters. The van der Waals surface area contributed by atoms with Crippen LogP contribution in [-0.2, 0) is 0 Å². The Labute approximate surface area is 95.3 Å². The van der Waals surface area contributed by atoms with E-state index in [1.807, 2.05) is 0 Å². The number of nitrogens with zero attached hydrogens (tertiary/aromatic N) is 2. The van der Waals surface area contributed by atoms with Crippen LogP contribution in [0.1, 0.15) is 68.1 Å². The average molecular weight is 222 g/mol. The van der Waals surface area contributed by atoms with Crippen molar-refractivity contribution in [1.29, 1.82) is 0 Å². The molecule has 0 unspecified atom stereocenters. The van der Waals surface area contributed by atoms with E-state index < -0.39 is 0 Å². The monoisotopic (exact) mass is 222 g/mol. The van der Waals surface area contributed by atoms with E-state index in [2.05, 4.69) is 11.3 Å². The molecule has 1 heterocycles. The molecule has 0 saturated heterocycles. The topological polar surface area (TPSA) is 25.8 Å². The van der Waals surface area contributed by atoms with Crippen molar-refractivity contribution in [2.45, 2.75) is 57.3 Å². The summed E-state index contributed by atoms with van der Waals surface area (Å²) in [5.74, 6) is 3.41. The van der Waals surface area contributed by atoms with Crippen LogP contribution in [-0.4, -0.2) is 9.36 Å². The Kier molecular flexibility index (Phi) is 2.51. The molecule has 2 aliphatic rings. The molecule has 2 fully saturated rings. The highest BCUT2D eigenvalue weighted by molar-refractivity contribution is 7.05. The van der Waals surface area contributed by atoms with Gasteiger partial charge in [-0.1, -0.05) is 26.2 Å². The van der Waals surface area contributed by atoms with E-state index in [9.17, 15) is 0 Å². The van der Waals surface area contributed by atoms with Crippen LogP contribution < -0.4 is 0 Å². The Morgan fingerprint density at radius 2 is 1.93 bits per heavy atom. The van der Waals surface area contributed by atoms with Gasteiger partial charge in [0.15, 0.2) is 0 Å². The number of rotatable bonds is 2. The van der Waals surface area contributed by atoms with Crippen LogP contribution in [0.5, 0.6) is 0 Å². The summed E-state index contributed by atoms with van der Waals surface area (Å²) in [7, 11) is 0. The van der Waals surface area contributed by atoms with Crippen LogP contribution >= 0.6 is 11.5 Å². The Bertz CT molecular complexity index is 341. The third kappa shape index (κ3) is 1.94. The molecule has 3 heteroatoms. The predicted octanol–water partition coefficient (Wildman–Crippen LogP) is 3.71. The molecule has 2 nitrogen and oxygen atoms in total. The summed E-state index contributed by atoms with van der Waals surface area (Å²) in [6.45, 7) is 2.30. The lowest BCUT2D eigenvalue weighted by molar-refractivity contribution is 0.442. The van der Waals surface area contributed by atoms with Crippen LogP contribution in [0.15, 0.2) is 0 Å². The van der Waals surface area contributed by atoms with E-state index in [1.165, 1.54) is 43.5 Å². The van der Waals surface area contributed by atoms with Gasteiger partial charge in [0, 0.05) is 11.8 Å². The van der Waals surface area contributed by atoms with E-state index in [0.717, 1.165) is 17.7 Å². The standard InChI is InChI=1S/C12H18N2S/c1-8-7-10(8)11-13-12(15-14-11)9-5-3-2-4-6-9/h8-10H,2-7H2,1H3/t8-,10-/m1/s1. The predicted molar refractivity (Wildman–Crippen MR) is 62.3 cm³/mol. The van der Waals surface area contributed by atoms with Crippen LogP contribution in [0.2, 0.25) is 0 Å². The molecular weight excluding hydrogens is 204 g/mol. The van der Waals surface area contributed by atoms with E-state index >= 15 is 0 Å². The number of hydrogen-bond acceptors (Lipinski definition) is 3. The maximum Gasteiger partial charge on any atom is 0.145 e. The van der Waals surface area contributed by atoms with E-state index in [4.69, 9.17) is 4.98 Å². The summed E-state index contributed by atoms with van der Waals surface area (Å²) in [4.78, 5) is 4.75. The zero-order chi connectivity index (χ0) is 10.3. The maximum absolute atomic E-state index is 4.75. The summed E-state index contributed by atoms with van der Waals surface area (Å²) < 4.78 is 4.53. The van der Waals surface area contributed by atoms with Crippen LogP contribution in [0.3, 0.4) is 0 Å². The minimum absolute atomic E-state index is 0.693. The third-order valence-corrected chi connectivity index (χ3v) is 4.74. The van der Waals surface area contributed by atoms with Gasteiger partial charge in [0.05, 0.1) is 0 Å². The summed E-state index contributed by atoms with van der Waals surface area (Å²) in [5.41, 5.74) is 0. The van der Waals surface area contributed by atoms with E-state index in [0.29, 0.717) is 5.92 Å². The molecule has 2 aliphatic carbocycles. The summed E-state index contributed by atoms with van der Waals surface area (Å²) in [6.07, 6.45) is 8.19. The Hall–Kier alpha value is -0.440. The zero-order valence-electron chi connectivity index (χ0n) is 9.28. The lowest BCUT2D eigenvalue weighted by Gasteiger charge is -2.18. The van der Waals surface area contributed by atoms with Gasteiger partial charge in [-0.05, 0) is 36.7 Å². The van der Waals surface area contributed by atoms with Crippen molar-refractivity contribution in [2.24, 2.45) is 5.92 Å². The first-order valence-corrected chi connectivity index (χ1v) is 6.95. The van der Waals surface area contributed by atoms with Crippen molar-refractivity contribution in [1.82, 2.24) is 9.36 Å². The van der Waals surface area contributed by atoms with Crippen molar-refractivity contribution >= 4 is 11.5 Å². The van der Waals surface area contributed by atoms with Gasteiger partial charge >= 0.3 is 0 Å². The van der Waals surface area contributed by atoms with Crippen molar-refractivity contribution in [3.8, 4) is 0 Å². The molecular formula is C12H18N2S. The second-order valence-electron chi connectivity index (χ2n) is 5.15. The van der Waals surface area contributed by atoms with Gasteiger partial charge < -0.3 is 0 Å². The van der Waals surface area contributed by atoms with Gasteiger partial charge in [0.2, 0.25) is 0 Å². The molecule has 1 aromatic heterocycles.